The van der Waals surface area contributed by atoms with E-state index in [-0.39, 0.29) is 29.4 Å². The molecule has 9 heteroatoms. The quantitative estimate of drug-likeness (QED) is 0.249. The van der Waals surface area contributed by atoms with Gasteiger partial charge in [0.1, 0.15) is 0 Å². The first kappa shape index (κ1) is 24.5. The molecule has 5 nitrogen and oxygen atoms in total. The van der Waals surface area contributed by atoms with Crippen molar-refractivity contribution >= 4 is 63.1 Å². The summed E-state index contributed by atoms with van der Waals surface area (Å²) in [6.45, 7) is 4.11. The molecular weight excluding hydrogens is 521 g/mol. The summed E-state index contributed by atoms with van der Waals surface area (Å²) < 4.78 is 0.740. The molecule has 0 saturated carbocycles. The van der Waals surface area contributed by atoms with Crippen molar-refractivity contribution in [2.75, 3.05) is 4.90 Å². The number of Topliss-reactive ketones (excluding diaryl/α,β-unsaturated/α-hetero) is 1. The first-order valence-corrected chi connectivity index (χ1v) is 13.8. The Morgan fingerprint density at radius 1 is 1.03 bits per heavy atom. The summed E-state index contributed by atoms with van der Waals surface area (Å²) in [6.07, 6.45) is 1.20. The van der Waals surface area contributed by atoms with E-state index >= 15 is 0 Å². The van der Waals surface area contributed by atoms with Crippen molar-refractivity contribution in [3.8, 4) is 0 Å². The number of ketones is 1. The molecule has 0 fully saturated rings. The van der Waals surface area contributed by atoms with E-state index in [0.717, 1.165) is 21.2 Å². The predicted octanol–water partition coefficient (Wildman–Crippen LogP) is 7.30. The zero-order valence-electron chi connectivity index (χ0n) is 19.3. The number of allylic oxidation sites excluding steroid dienone is 2. The number of hydrogen-bond acceptors (Lipinski definition) is 6. The van der Waals surface area contributed by atoms with Gasteiger partial charge in [0, 0.05) is 45.8 Å². The topological polar surface area (TPSA) is 63.2 Å². The van der Waals surface area contributed by atoms with Crippen LogP contribution in [0.5, 0.6) is 0 Å². The van der Waals surface area contributed by atoms with Crippen molar-refractivity contribution in [2.45, 2.75) is 49.1 Å². The molecule has 2 aliphatic rings. The SMILES string of the molecule is CC1(C)CC(=O)C2=C(C1)N(c1nnc(SCc3ccccc3Cl)s1)C(=O)CC2c1ccccc1Cl. The molecule has 1 unspecified atom stereocenters. The molecule has 1 atom stereocenters. The van der Waals surface area contributed by atoms with E-state index in [1.165, 1.54) is 23.1 Å². The van der Waals surface area contributed by atoms with Crippen LogP contribution in [0.25, 0.3) is 0 Å². The van der Waals surface area contributed by atoms with Crippen LogP contribution in [0, 0.1) is 5.41 Å². The Balaban J connectivity index is 1.51. The van der Waals surface area contributed by atoms with Crippen molar-refractivity contribution in [3.63, 3.8) is 0 Å². The molecule has 35 heavy (non-hydrogen) atoms. The molecular formula is C26H23Cl2N3O2S2. The van der Waals surface area contributed by atoms with Gasteiger partial charge in [0.05, 0.1) is 0 Å². The number of rotatable bonds is 5. The summed E-state index contributed by atoms with van der Waals surface area (Å²) in [5.74, 6) is 0.263. The van der Waals surface area contributed by atoms with Crippen LogP contribution in [0.2, 0.25) is 10.0 Å². The second-order valence-corrected chi connectivity index (χ2v) is 12.5. The molecule has 1 aliphatic heterocycles. The van der Waals surface area contributed by atoms with Crippen LogP contribution in [0.3, 0.4) is 0 Å². The van der Waals surface area contributed by atoms with E-state index in [1.807, 2.05) is 42.5 Å². The maximum Gasteiger partial charge on any atom is 0.234 e. The Labute approximate surface area is 222 Å². The van der Waals surface area contributed by atoms with Crippen molar-refractivity contribution in [1.29, 1.82) is 0 Å². The minimum absolute atomic E-state index is 0.0662. The van der Waals surface area contributed by atoms with Gasteiger partial charge in [-0.1, -0.05) is 96.5 Å². The van der Waals surface area contributed by atoms with Crippen molar-refractivity contribution < 1.29 is 9.59 Å². The Bertz CT molecular complexity index is 1350. The average Bonchev–Trinajstić information content (AvgIpc) is 3.25. The van der Waals surface area contributed by atoms with Gasteiger partial charge in [-0.05, 0) is 35.1 Å². The van der Waals surface area contributed by atoms with E-state index in [1.54, 1.807) is 11.0 Å². The highest BCUT2D eigenvalue weighted by Gasteiger charge is 2.45. The highest BCUT2D eigenvalue weighted by Crippen LogP contribution is 2.49. The third kappa shape index (κ3) is 4.92. The summed E-state index contributed by atoms with van der Waals surface area (Å²) in [4.78, 5) is 28.6. The number of hydrogen-bond donors (Lipinski definition) is 0. The number of amides is 1. The average molecular weight is 545 g/mol. The maximum atomic E-state index is 13.5. The lowest BCUT2D eigenvalue weighted by atomic mass is 9.69. The number of carbonyl (C=O) groups excluding carboxylic acids is 2. The molecule has 2 heterocycles. The number of nitrogens with zero attached hydrogens (tertiary/aromatic N) is 3. The van der Waals surface area contributed by atoms with Crippen LogP contribution in [-0.2, 0) is 15.3 Å². The molecule has 0 N–H and O–H groups in total. The van der Waals surface area contributed by atoms with E-state index in [2.05, 4.69) is 24.0 Å². The summed E-state index contributed by atoms with van der Waals surface area (Å²) in [7, 11) is 0. The molecule has 0 saturated heterocycles. The molecule has 1 amide bonds. The third-order valence-electron chi connectivity index (χ3n) is 6.32. The normalized spacial score (nSPS) is 19.8. The van der Waals surface area contributed by atoms with Gasteiger partial charge < -0.3 is 0 Å². The lowest BCUT2D eigenvalue weighted by Gasteiger charge is -2.41. The minimum Gasteiger partial charge on any atom is -0.294 e. The Morgan fingerprint density at radius 2 is 1.74 bits per heavy atom. The Hall–Kier alpha value is -2.19. The van der Waals surface area contributed by atoms with Crippen molar-refractivity contribution in [1.82, 2.24) is 10.2 Å². The van der Waals surface area contributed by atoms with Gasteiger partial charge in [-0.15, -0.1) is 10.2 Å². The lowest BCUT2D eigenvalue weighted by Crippen LogP contribution is -2.43. The number of benzene rings is 2. The summed E-state index contributed by atoms with van der Waals surface area (Å²) >= 11 is 15.7. The predicted molar refractivity (Wildman–Crippen MR) is 142 cm³/mol. The van der Waals surface area contributed by atoms with Gasteiger partial charge in [0.2, 0.25) is 11.0 Å². The van der Waals surface area contributed by atoms with Gasteiger partial charge in [0.25, 0.3) is 0 Å². The number of thioether (sulfide) groups is 1. The summed E-state index contributed by atoms with van der Waals surface area (Å²) in [6, 6.07) is 15.1. The molecule has 0 radical (unpaired) electrons. The van der Waals surface area contributed by atoms with Crippen LogP contribution in [0.15, 0.2) is 64.1 Å². The molecule has 0 spiro atoms. The van der Waals surface area contributed by atoms with Gasteiger partial charge in [-0.25, -0.2) is 0 Å². The van der Waals surface area contributed by atoms with Crippen molar-refractivity contribution in [3.05, 3.63) is 81.0 Å². The second-order valence-electron chi connectivity index (χ2n) is 9.54. The number of anilines is 1. The molecule has 1 aliphatic carbocycles. The van der Waals surface area contributed by atoms with Gasteiger partial charge in [-0.3, -0.25) is 14.5 Å². The smallest absolute Gasteiger partial charge is 0.234 e. The van der Waals surface area contributed by atoms with Gasteiger partial charge in [0.15, 0.2) is 10.1 Å². The van der Waals surface area contributed by atoms with E-state index in [9.17, 15) is 9.59 Å². The molecule has 3 aromatic rings. The number of halogens is 2. The maximum absolute atomic E-state index is 13.5. The zero-order chi connectivity index (χ0) is 24.7. The van der Waals surface area contributed by atoms with Crippen LogP contribution >= 0.6 is 46.3 Å². The largest absolute Gasteiger partial charge is 0.294 e. The highest BCUT2D eigenvalue weighted by atomic mass is 35.5. The Morgan fingerprint density at radius 3 is 2.49 bits per heavy atom. The van der Waals surface area contributed by atoms with Crippen molar-refractivity contribution in [2.24, 2.45) is 5.41 Å². The monoisotopic (exact) mass is 543 g/mol. The standard InChI is InChI=1S/C26H23Cl2N3O2S2/c1-26(2)12-20-23(21(32)13-26)17(16-8-4-6-10-19(16)28)11-22(33)31(20)24-29-30-25(35-24)34-14-15-7-3-5-9-18(15)27/h3-10,17H,11-14H2,1-2H3. The fourth-order valence-corrected chi connectivity index (χ4v) is 7.20. The van der Waals surface area contributed by atoms with Crippen LogP contribution in [0.4, 0.5) is 5.13 Å². The van der Waals surface area contributed by atoms with Gasteiger partial charge >= 0.3 is 0 Å². The molecule has 2 aromatic carbocycles. The zero-order valence-corrected chi connectivity index (χ0v) is 22.4. The van der Waals surface area contributed by atoms with E-state index < -0.39 is 0 Å². The highest BCUT2D eigenvalue weighted by molar-refractivity contribution is 8.00. The van der Waals surface area contributed by atoms with Crippen LogP contribution < -0.4 is 4.90 Å². The number of aromatic nitrogens is 2. The third-order valence-corrected chi connectivity index (χ3v) is 9.12. The minimum atomic E-state index is -0.354. The summed E-state index contributed by atoms with van der Waals surface area (Å²) in [5.41, 5.74) is 2.97. The number of carbonyl (C=O) groups is 2. The first-order chi connectivity index (χ1) is 16.7. The van der Waals surface area contributed by atoms with E-state index in [0.29, 0.717) is 39.3 Å². The Kier molecular flexibility index (Phi) is 6.79. The molecule has 1 aromatic heterocycles. The van der Waals surface area contributed by atoms with Crippen LogP contribution in [0.1, 0.15) is 50.2 Å². The second kappa shape index (κ2) is 9.69. The van der Waals surface area contributed by atoms with Crippen LogP contribution in [-0.4, -0.2) is 21.9 Å². The van der Waals surface area contributed by atoms with Gasteiger partial charge in [-0.2, -0.15) is 0 Å². The fraction of sp³-hybridized carbons (Fsp3) is 0.308. The summed E-state index contributed by atoms with van der Waals surface area (Å²) in [5, 5.41) is 10.4. The first-order valence-electron chi connectivity index (χ1n) is 11.3. The molecule has 180 valence electrons. The molecule has 5 rings (SSSR count). The lowest BCUT2D eigenvalue weighted by molar-refractivity contribution is -0.121. The molecule has 0 bridgehead atoms. The fourth-order valence-electron chi connectivity index (χ4n) is 4.77. The van der Waals surface area contributed by atoms with E-state index in [4.69, 9.17) is 23.2 Å².